The Morgan fingerprint density at radius 1 is 1.27 bits per heavy atom. The van der Waals surface area contributed by atoms with Crippen LogP contribution < -0.4 is 4.74 Å². The molecule has 22 heavy (non-hydrogen) atoms. The van der Waals surface area contributed by atoms with Crippen molar-refractivity contribution in [2.24, 2.45) is 0 Å². The standard InChI is InChI=1S/C16H15NO5/c1-3-9-21-16(19)22-14-7-8-17-13-6-5-11(10-12(13)14)15(18)20-4-2/h3,5-8,10H,1,4,9H2,2H3. The number of benzene rings is 1. The molecule has 0 saturated heterocycles. The summed E-state index contributed by atoms with van der Waals surface area (Å²) >= 11 is 0. The zero-order valence-corrected chi connectivity index (χ0v) is 12.1. The Kier molecular flexibility index (Phi) is 5.08. The Bertz CT molecular complexity index is 711. The fraction of sp³-hybridized carbons (Fsp3) is 0.188. The molecule has 0 aliphatic heterocycles. The summed E-state index contributed by atoms with van der Waals surface area (Å²) in [5, 5.41) is 0.517. The first kappa shape index (κ1) is 15.5. The molecule has 0 spiro atoms. The van der Waals surface area contributed by atoms with Gasteiger partial charge in [-0.05, 0) is 25.1 Å². The number of pyridine rings is 1. The van der Waals surface area contributed by atoms with E-state index in [1.54, 1.807) is 25.1 Å². The molecular formula is C16H15NO5. The Balaban J connectivity index is 2.33. The van der Waals surface area contributed by atoms with Crippen LogP contribution in [0.15, 0.2) is 43.1 Å². The highest BCUT2D eigenvalue weighted by molar-refractivity contribution is 5.96. The van der Waals surface area contributed by atoms with Gasteiger partial charge in [0.2, 0.25) is 0 Å². The number of fused-ring (bicyclic) bond motifs is 1. The maximum absolute atomic E-state index is 11.8. The third-order valence-corrected chi connectivity index (χ3v) is 2.73. The van der Waals surface area contributed by atoms with Gasteiger partial charge in [-0.3, -0.25) is 4.98 Å². The summed E-state index contributed by atoms with van der Waals surface area (Å²) < 4.78 is 14.8. The fourth-order valence-electron chi connectivity index (χ4n) is 1.80. The van der Waals surface area contributed by atoms with E-state index in [0.717, 1.165) is 0 Å². The molecule has 0 aliphatic carbocycles. The maximum Gasteiger partial charge on any atom is 0.514 e. The molecule has 0 aliphatic rings. The van der Waals surface area contributed by atoms with Crippen LogP contribution in [0.3, 0.4) is 0 Å². The molecule has 6 nitrogen and oxygen atoms in total. The molecule has 6 heteroatoms. The van der Waals surface area contributed by atoms with E-state index in [-0.39, 0.29) is 19.0 Å². The second-order valence-electron chi connectivity index (χ2n) is 4.21. The van der Waals surface area contributed by atoms with Crippen molar-refractivity contribution in [3.8, 4) is 5.75 Å². The van der Waals surface area contributed by atoms with Gasteiger partial charge in [0.15, 0.2) is 0 Å². The normalized spacial score (nSPS) is 10.0. The van der Waals surface area contributed by atoms with Crippen molar-refractivity contribution < 1.29 is 23.8 Å². The molecule has 0 atom stereocenters. The zero-order chi connectivity index (χ0) is 15.9. The lowest BCUT2D eigenvalue weighted by molar-refractivity contribution is 0.0526. The number of ether oxygens (including phenoxy) is 3. The number of carbonyl (C=O) groups excluding carboxylic acids is 2. The van der Waals surface area contributed by atoms with E-state index in [4.69, 9.17) is 14.2 Å². The highest BCUT2D eigenvalue weighted by atomic mass is 16.7. The van der Waals surface area contributed by atoms with Gasteiger partial charge in [-0.25, -0.2) is 9.59 Å². The molecule has 0 saturated carbocycles. The van der Waals surface area contributed by atoms with Crippen molar-refractivity contribution in [2.75, 3.05) is 13.2 Å². The van der Waals surface area contributed by atoms with Crippen LogP contribution in [0.5, 0.6) is 5.75 Å². The van der Waals surface area contributed by atoms with E-state index < -0.39 is 12.1 Å². The van der Waals surface area contributed by atoms with Crippen LogP contribution in [-0.4, -0.2) is 30.3 Å². The number of hydrogen-bond acceptors (Lipinski definition) is 6. The van der Waals surface area contributed by atoms with Crippen LogP contribution in [0.4, 0.5) is 4.79 Å². The van der Waals surface area contributed by atoms with Gasteiger partial charge >= 0.3 is 12.1 Å². The van der Waals surface area contributed by atoms with Gasteiger partial charge in [-0.2, -0.15) is 0 Å². The van der Waals surface area contributed by atoms with Crippen molar-refractivity contribution in [3.63, 3.8) is 0 Å². The third-order valence-electron chi connectivity index (χ3n) is 2.73. The molecule has 1 aromatic carbocycles. The molecule has 114 valence electrons. The minimum absolute atomic E-state index is 0.0515. The summed E-state index contributed by atoms with van der Waals surface area (Å²) in [4.78, 5) is 27.5. The molecule has 2 aromatic rings. The van der Waals surface area contributed by atoms with Gasteiger partial charge in [0.05, 0.1) is 17.7 Å². The second kappa shape index (κ2) is 7.21. The van der Waals surface area contributed by atoms with E-state index in [9.17, 15) is 9.59 Å². The molecule has 1 heterocycles. The van der Waals surface area contributed by atoms with Gasteiger partial charge in [0.25, 0.3) is 0 Å². The highest BCUT2D eigenvalue weighted by Gasteiger charge is 2.13. The molecule has 0 bridgehead atoms. The average Bonchev–Trinajstić information content (AvgIpc) is 2.53. The topological polar surface area (TPSA) is 74.7 Å². The number of nitrogens with zero attached hydrogens (tertiary/aromatic N) is 1. The first-order chi connectivity index (χ1) is 10.7. The van der Waals surface area contributed by atoms with E-state index >= 15 is 0 Å². The summed E-state index contributed by atoms with van der Waals surface area (Å²) in [6, 6.07) is 6.35. The van der Waals surface area contributed by atoms with Crippen LogP contribution in [0, 0.1) is 0 Å². The summed E-state index contributed by atoms with van der Waals surface area (Å²) in [5.41, 5.74) is 0.939. The van der Waals surface area contributed by atoms with Crippen molar-refractivity contribution in [2.45, 2.75) is 6.92 Å². The van der Waals surface area contributed by atoms with Gasteiger partial charge in [0, 0.05) is 17.6 Å². The number of hydrogen-bond donors (Lipinski definition) is 0. The van der Waals surface area contributed by atoms with Crippen LogP contribution in [0.25, 0.3) is 10.9 Å². The molecule has 0 unspecified atom stereocenters. The van der Waals surface area contributed by atoms with Crippen LogP contribution in [-0.2, 0) is 9.47 Å². The SMILES string of the molecule is C=CCOC(=O)Oc1ccnc2ccc(C(=O)OCC)cc12. The predicted molar refractivity (Wildman–Crippen MR) is 79.9 cm³/mol. The van der Waals surface area contributed by atoms with Crippen LogP contribution in [0.2, 0.25) is 0 Å². The van der Waals surface area contributed by atoms with Crippen molar-refractivity contribution >= 4 is 23.0 Å². The fourth-order valence-corrected chi connectivity index (χ4v) is 1.80. The second-order valence-corrected chi connectivity index (χ2v) is 4.21. The minimum atomic E-state index is -0.853. The number of aromatic nitrogens is 1. The average molecular weight is 301 g/mol. The van der Waals surface area contributed by atoms with Crippen molar-refractivity contribution in [1.82, 2.24) is 4.98 Å². The first-order valence-electron chi connectivity index (χ1n) is 6.67. The van der Waals surface area contributed by atoms with E-state index in [1.807, 2.05) is 0 Å². The molecule has 0 fully saturated rings. The van der Waals surface area contributed by atoms with Gasteiger partial charge < -0.3 is 14.2 Å². The van der Waals surface area contributed by atoms with E-state index in [2.05, 4.69) is 11.6 Å². The molecule has 0 amide bonds. The van der Waals surface area contributed by atoms with Crippen molar-refractivity contribution in [3.05, 3.63) is 48.7 Å². The number of carbonyl (C=O) groups is 2. The van der Waals surface area contributed by atoms with Crippen molar-refractivity contribution in [1.29, 1.82) is 0 Å². The Morgan fingerprint density at radius 3 is 2.82 bits per heavy atom. The molecule has 0 radical (unpaired) electrons. The minimum Gasteiger partial charge on any atom is -0.462 e. The Labute approximate surface area is 127 Å². The monoisotopic (exact) mass is 301 g/mol. The number of esters is 1. The summed E-state index contributed by atoms with van der Waals surface area (Å²) in [7, 11) is 0. The molecule has 1 aromatic heterocycles. The largest absolute Gasteiger partial charge is 0.514 e. The molecule has 2 rings (SSSR count). The lowest BCUT2D eigenvalue weighted by Gasteiger charge is -2.08. The van der Waals surface area contributed by atoms with Crippen LogP contribution >= 0.6 is 0 Å². The summed E-state index contributed by atoms with van der Waals surface area (Å²) in [5.74, 6) is -0.196. The summed E-state index contributed by atoms with van der Waals surface area (Å²) in [6.07, 6.45) is 2.08. The highest BCUT2D eigenvalue weighted by Crippen LogP contribution is 2.25. The van der Waals surface area contributed by atoms with E-state index in [1.165, 1.54) is 18.3 Å². The lowest BCUT2D eigenvalue weighted by Crippen LogP contribution is -2.11. The van der Waals surface area contributed by atoms with Gasteiger partial charge in [0.1, 0.15) is 12.4 Å². The third kappa shape index (κ3) is 3.60. The first-order valence-corrected chi connectivity index (χ1v) is 6.67. The maximum atomic E-state index is 11.8. The molecule has 0 N–H and O–H groups in total. The molecular weight excluding hydrogens is 286 g/mol. The summed E-state index contributed by atoms with van der Waals surface area (Å²) in [6.45, 7) is 5.50. The Hall–Kier alpha value is -2.89. The smallest absolute Gasteiger partial charge is 0.462 e. The van der Waals surface area contributed by atoms with Gasteiger partial charge in [-0.1, -0.05) is 12.7 Å². The van der Waals surface area contributed by atoms with E-state index in [0.29, 0.717) is 16.5 Å². The quantitative estimate of drug-likeness (QED) is 0.624. The van der Waals surface area contributed by atoms with Gasteiger partial charge in [-0.15, -0.1) is 0 Å². The zero-order valence-electron chi connectivity index (χ0n) is 12.1. The van der Waals surface area contributed by atoms with Crippen LogP contribution in [0.1, 0.15) is 17.3 Å². The number of rotatable bonds is 5. The predicted octanol–water partition coefficient (Wildman–Crippen LogP) is 3.11. The Morgan fingerprint density at radius 2 is 2.09 bits per heavy atom. The lowest BCUT2D eigenvalue weighted by atomic mass is 10.1.